The number of rotatable bonds is 9. The van der Waals surface area contributed by atoms with Crippen molar-refractivity contribution in [2.75, 3.05) is 32.8 Å². The Bertz CT molecular complexity index is 1030. The van der Waals surface area contributed by atoms with Crippen LogP contribution in [0.2, 0.25) is 5.02 Å². The van der Waals surface area contributed by atoms with Crippen LogP contribution in [0.5, 0.6) is 5.75 Å². The largest absolute Gasteiger partial charge is 0.493 e. The summed E-state index contributed by atoms with van der Waals surface area (Å²) >= 11 is 6.16. The number of benzene rings is 1. The fourth-order valence-corrected chi connectivity index (χ4v) is 5.67. The number of piperidine rings is 2. The van der Waals surface area contributed by atoms with Gasteiger partial charge in [-0.05, 0) is 50.3 Å². The number of likely N-dealkylation sites (tertiary alicyclic amines) is 2. The molecule has 2 aliphatic rings. The van der Waals surface area contributed by atoms with Gasteiger partial charge in [-0.2, -0.15) is 0 Å². The van der Waals surface area contributed by atoms with E-state index in [4.69, 9.17) is 16.3 Å². The van der Waals surface area contributed by atoms with E-state index in [-0.39, 0.29) is 11.8 Å². The van der Waals surface area contributed by atoms with Crippen molar-refractivity contribution in [2.45, 2.75) is 71.3 Å². The number of aromatic nitrogens is 2. The maximum atomic E-state index is 13.3. The van der Waals surface area contributed by atoms with E-state index in [0.717, 1.165) is 51.1 Å². The molecule has 2 amide bonds. The summed E-state index contributed by atoms with van der Waals surface area (Å²) in [6.07, 6.45) is 9.59. The Morgan fingerprint density at radius 1 is 1.08 bits per heavy atom. The van der Waals surface area contributed by atoms with Gasteiger partial charge in [0.1, 0.15) is 11.6 Å². The zero-order chi connectivity index (χ0) is 25.5. The lowest BCUT2D eigenvalue weighted by Gasteiger charge is -2.43. The van der Waals surface area contributed by atoms with E-state index in [1.54, 1.807) is 12.3 Å². The first-order valence-electron chi connectivity index (χ1n) is 13.3. The molecule has 1 atom stereocenters. The molecule has 8 heteroatoms. The van der Waals surface area contributed by atoms with Crippen LogP contribution in [0.3, 0.4) is 0 Å². The maximum absolute atomic E-state index is 13.3. The molecular formula is C28H39ClN4O3. The fourth-order valence-electron chi connectivity index (χ4n) is 5.49. The van der Waals surface area contributed by atoms with Gasteiger partial charge in [-0.15, -0.1) is 0 Å². The van der Waals surface area contributed by atoms with Gasteiger partial charge in [-0.1, -0.05) is 31.5 Å². The highest BCUT2D eigenvalue weighted by atomic mass is 35.5. The second-order valence-corrected chi connectivity index (χ2v) is 11.1. The number of carbonyl (C=O) groups excluding carboxylic acids is 2. The van der Waals surface area contributed by atoms with Crippen molar-refractivity contribution in [1.29, 1.82) is 0 Å². The summed E-state index contributed by atoms with van der Waals surface area (Å²) in [5.41, 5.74) is -0.414. The van der Waals surface area contributed by atoms with Gasteiger partial charge in [0.25, 0.3) is 0 Å². The summed E-state index contributed by atoms with van der Waals surface area (Å²) in [5.74, 6) is 2.30. The van der Waals surface area contributed by atoms with Gasteiger partial charge in [0.2, 0.25) is 11.8 Å². The van der Waals surface area contributed by atoms with Crippen LogP contribution in [0.25, 0.3) is 0 Å². The molecule has 0 saturated carbocycles. The van der Waals surface area contributed by atoms with E-state index in [0.29, 0.717) is 49.2 Å². The third-order valence-corrected chi connectivity index (χ3v) is 7.66. The number of nitrogens with zero attached hydrogens (tertiary/aromatic N) is 4. The number of aryl methyl sites for hydroxylation is 1. The zero-order valence-electron chi connectivity index (χ0n) is 21.6. The quantitative estimate of drug-likeness (QED) is 0.464. The van der Waals surface area contributed by atoms with Crippen molar-refractivity contribution < 1.29 is 14.3 Å². The van der Waals surface area contributed by atoms with Gasteiger partial charge in [-0.3, -0.25) is 9.59 Å². The predicted molar refractivity (Wildman–Crippen MR) is 141 cm³/mol. The van der Waals surface area contributed by atoms with Gasteiger partial charge in [0.05, 0.1) is 6.61 Å². The van der Waals surface area contributed by atoms with Crippen molar-refractivity contribution in [2.24, 2.45) is 5.41 Å². The second kappa shape index (κ2) is 12.1. The van der Waals surface area contributed by atoms with E-state index in [2.05, 4.69) is 23.4 Å². The molecule has 0 unspecified atom stereocenters. The van der Waals surface area contributed by atoms with Gasteiger partial charge < -0.3 is 19.1 Å². The summed E-state index contributed by atoms with van der Waals surface area (Å²) in [5, 5.41) is 0.617. The number of hydrogen-bond donors (Lipinski definition) is 0. The Kier molecular flexibility index (Phi) is 8.94. The molecule has 36 heavy (non-hydrogen) atoms. The molecule has 7 nitrogen and oxygen atoms in total. The number of halogens is 1. The molecule has 2 aromatic rings. The molecule has 1 aromatic heterocycles. The highest BCUT2D eigenvalue weighted by molar-refractivity contribution is 6.30. The Hall–Kier alpha value is -2.54. The molecule has 2 fully saturated rings. The van der Waals surface area contributed by atoms with Crippen LogP contribution in [-0.2, 0) is 16.1 Å². The van der Waals surface area contributed by atoms with Gasteiger partial charge in [0, 0.05) is 74.3 Å². The highest BCUT2D eigenvalue weighted by Gasteiger charge is 2.41. The van der Waals surface area contributed by atoms with Crippen molar-refractivity contribution in [3.05, 3.63) is 47.5 Å². The summed E-state index contributed by atoms with van der Waals surface area (Å²) < 4.78 is 8.27. The van der Waals surface area contributed by atoms with Crippen molar-refractivity contribution >= 4 is 23.4 Å². The Balaban J connectivity index is 1.45. The molecular weight excluding hydrogens is 476 g/mol. The molecule has 0 bridgehead atoms. The minimum absolute atomic E-state index is 0.121. The maximum Gasteiger partial charge on any atom is 0.224 e. The van der Waals surface area contributed by atoms with Crippen LogP contribution in [0.15, 0.2) is 36.7 Å². The summed E-state index contributed by atoms with van der Waals surface area (Å²) in [7, 11) is 0. The lowest BCUT2D eigenvalue weighted by molar-refractivity contribution is -0.142. The van der Waals surface area contributed by atoms with Crippen molar-refractivity contribution in [3.63, 3.8) is 0 Å². The second-order valence-electron chi connectivity index (χ2n) is 10.7. The normalized spacial score (nSPS) is 20.6. The molecule has 0 aliphatic carbocycles. The molecule has 4 rings (SSSR count). The minimum Gasteiger partial charge on any atom is -0.493 e. The average molecular weight is 515 g/mol. The first kappa shape index (κ1) is 26.5. The van der Waals surface area contributed by atoms with E-state index in [1.165, 1.54) is 6.42 Å². The van der Waals surface area contributed by atoms with E-state index in [1.807, 2.05) is 34.2 Å². The number of amides is 2. The number of imidazole rings is 1. The lowest BCUT2D eigenvalue weighted by atomic mass is 9.77. The van der Waals surface area contributed by atoms with Crippen LogP contribution >= 0.6 is 11.6 Å². The van der Waals surface area contributed by atoms with Crippen LogP contribution in [0, 0.1) is 5.41 Å². The van der Waals surface area contributed by atoms with Crippen molar-refractivity contribution in [3.8, 4) is 5.75 Å². The average Bonchev–Trinajstić information content (AvgIpc) is 3.36. The Morgan fingerprint density at radius 2 is 1.86 bits per heavy atom. The molecule has 1 aromatic carbocycles. The number of carbonyl (C=O) groups is 2. The summed E-state index contributed by atoms with van der Waals surface area (Å²) in [6.45, 7) is 8.13. The third-order valence-electron chi connectivity index (χ3n) is 7.42. The summed E-state index contributed by atoms with van der Waals surface area (Å²) in [4.78, 5) is 35.0. The van der Waals surface area contributed by atoms with Crippen LogP contribution in [-0.4, -0.2) is 64.0 Å². The van der Waals surface area contributed by atoms with Crippen molar-refractivity contribution in [1.82, 2.24) is 19.4 Å². The molecule has 0 spiro atoms. The van der Waals surface area contributed by atoms with Crippen LogP contribution in [0.1, 0.15) is 70.5 Å². The molecule has 0 N–H and O–H groups in total. The monoisotopic (exact) mass is 514 g/mol. The highest BCUT2D eigenvalue weighted by Crippen LogP contribution is 2.36. The zero-order valence-corrected chi connectivity index (χ0v) is 22.4. The topological polar surface area (TPSA) is 67.7 Å². The van der Waals surface area contributed by atoms with Gasteiger partial charge in [0.15, 0.2) is 0 Å². The van der Waals surface area contributed by atoms with E-state index in [9.17, 15) is 9.59 Å². The molecule has 3 heterocycles. The molecule has 2 saturated heterocycles. The third kappa shape index (κ3) is 6.81. The minimum atomic E-state index is -0.414. The Morgan fingerprint density at radius 3 is 2.61 bits per heavy atom. The first-order valence-corrected chi connectivity index (χ1v) is 13.7. The van der Waals surface area contributed by atoms with E-state index >= 15 is 0 Å². The van der Waals surface area contributed by atoms with E-state index < -0.39 is 5.41 Å². The van der Waals surface area contributed by atoms with Gasteiger partial charge in [-0.25, -0.2) is 4.98 Å². The number of ether oxygens (including phenoxy) is 1. The first-order chi connectivity index (χ1) is 17.3. The fraction of sp³-hybridized carbons (Fsp3) is 0.607. The molecule has 196 valence electrons. The number of hydrogen-bond acceptors (Lipinski definition) is 4. The summed E-state index contributed by atoms with van der Waals surface area (Å²) in [6, 6.07) is 7.36. The van der Waals surface area contributed by atoms with Gasteiger partial charge >= 0.3 is 0 Å². The lowest BCUT2D eigenvalue weighted by Crippen LogP contribution is -2.51. The molecule has 0 radical (unpaired) electrons. The standard InChI is InChI=1S/C28H39ClN4O3/c1-22(2)27-30-12-17-32(27)16-10-25(34)33-15-7-11-28(20-33,19-26(35)31-13-4-3-5-14-31)21-36-24-9-6-8-23(29)18-24/h6,8-9,12,17-18,22H,3-5,7,10-11,13-16,19-21H2,1-2H3/t28-/m1/s1. The Labute approximate surface area is 219 Å². The molecule has 2 aliphatic heterocycles. The SMILES string of the molecule is CC(C)c1nccn1CCC(=O)N1CCC[C@@](COc2cccc(Cl)c2)(CC(=O)N2CCCCC2)C1. The van der Waals surface area contributed by atoms with Crippen LogP contribution < -0.4 is 4.74 Å². The smallest absolute Gasteiger partial charge is 0.224 e. The predicted octanol–water partition coefficient (Wildman–Crippen LogP) is 5.14. The van der Waals surface area contributed by atoms with Crippen LogP contribution in [0.4, 0.5) is 0 Å².